The van der Waals surface area contributed by atoms with E-state index >= 15 is 0 Å². The van der Waals surface area contributed by atoms with Gasteiger partial charge in [-0.05, 0) is 73.8 Å². The van der Waals surface area contributed by atoms with Crippen LogP contribution in [0.3, 0.4) is 0 Å². The smallest absolute Gasteiger partial charge is 0.263 e. The summed E-state index contributed by atoms with van der Waals surface area (Å²) >= 11 is 0. The number of hydrogen-bond acceptors (Lipinski definition) is 7. The molecule has 33 heavy (non-hydrogen) atoms. The van der Waals surface area contributed by atoms with Crippen molar-refractivity contribution in [3.8, 4) is 0 Å². The third-order valence-electron chi connectivity index (χ3n) is 8.55. The Hall–Kier alpha value is -1.88. The highest BCUT2D eigenvalue weighted by molar-refractivity contribution is 7.89. The minimum Gasteiger partial charge on any atom is -0.377 e. The van der Waals surface area contributed by atoms with Gasteiger partial charge in [-0.25, -0.2) is 13.4 Å². The van der Waals surface area contributed by atoms with Crippen LogP contribution in [-0.2, 0) is 19.6 Å². The molecule has 3 aliphatic rings. The van der Waals surface area contributed by atoms with Crippen molar-refractivity contribution in [3.63, 3.8) is 0 Å². The second-order valence-corrected chi connectivity index (χ2v) is 12.2. The predicted molar refractivity (Wildman–Crippen MR) is 121 cm³/mol. The summed E-state index contributed by atoms with van der Waals surface area (Å²) in [6.07, 6.45) is 5.14. The van der Waals surface area contributed by atoms with Crippen LogP contribution >= 0.6 is 0 Å². The van der Waals surface area contributed by atoms with E-state index in [4.69, 9.17) is 5.73 Å². The SMILES string of the molecule is CC1(C)C2CCC1(C[C@H](N)C(=O)N[C@H]1CC[C@@H](O)N(S(=O)(=O)c3ccccn3)CC1=O)CC2. The number of pyridine rings is 1. The van der Waals surface area contributed by atoms with E-state index in [-0.39, 0.29) is 28.7 Å². The van der Waals surface area contributed by atoms with Crippen LogP contribution in [0.25, 0.3) is 0 Å². The number of Topliss-reactive ketones (excluding diaryl/α,β-unsaturated/α-hetero) is 1. The zero-order chi connectivity index (χ0) is 24.0. The first-order valence-electron chi connectivity index (χ1n) is 11.7. The third-order valence-corrected chi connectivity index (χ3v) is 10.3. The number of aromatic nitrogens is 1. The van der Waals surface area contributed by atoms with E-state index in [9.17, 15) is 23.1 Å². The number of sulfonamides is 1. The topological polar surface area (TPSA) is 143 Å². The standard InChI is InChI=1S/C23H34N4O5S/c1-22(2)15-8-10-23(22,11-9-15)13-16(24)21(30)26-17-6-7-20(29)27(14-18(17)28)33(31,32)19-5-3-4-12-25-19/h3-5,12,15-17,20,29H,6-11,13-14,24H2,1-2H3,(H,26,30)/t15?,16-,17-,20+,23?/m0/s1. The Kier molecular flexibility index (Phi) is 6.41. The summed E-state index contributed by atoms with van der Waals surface area (Å²) in [5.41, 5.74) is 6.51. The number of carbonyl (C=O) groups excluding carboxylic acids is 2. The number of amides is 1. The molecule has 10 heteroatoms. The zero-order valence-corrected chi connectivity index (χ0v) is 20.1. The molecular formula is C23H34N4O5S. The predicted octanol–water partition coefficient (Wildman–Crippen LogP) is 1.17. The van der Waals surface area contributed by atoms with Gasteiger partial charge in [0.2, 0.25) is 5.91 Å². The van der Waals surface area contributed by atoms with Crippen molar-refractivity contribution >= 4 is 21.7 Å². The summed E-state index contributed by atoms with van der Waals surface area (Å²) in [5, 5.41) is 13.0. The second kappa shape index (κ2) is 8.72. The van der Waals surface area contributed by atoms with E-state index in [1.54, 1.807) is 6.07 Å². The zero-order valence-electron chi connectivity index (χ0n) is 19.2. The number of fused-ring (bicyclic) bond motifs is 2. The van der Waals surface area contributed by atoms with Gasteiger partial charge in [0.1, 0.15) is 6.23 Å². The highest BCUT2D eigenvalue weighted by atomic mass is 32.2. The molecular weight excluding hydrogens is 444 g/mol. The van der Waals surface area contributed by atoms with Crippen molar-refractivity contribution in [2.24, 2.45) is 22.5 Å². The minimum atomic E-state index is -4.16. The van der Waals surface area contributed by atoms with E-state index in [0.717, 1.165) is 17.1 Å². The van der Waals surface area contributed by atoms with Gasteiger partial charge >= 0.3 is 0 Å². The molecule has 9 nitrogen and oxygen atoms in total. The van der Waals surface area contributed by atoms with Crippen molar-refractivity contribution in [1.82, 2.24) is 14.6 Å². The summed E-state index contributed by atoms with van der Waals surface area (Å²) in [6, 6.07) is 2.78. The molecule has 1 aromatic heterocycles. The fourth-order valence-electron chi connectivity index (χ4n) is 6.24. The summed E-state index contributed by atoms with van der Waals surface area (Å²) in [4.78, 5) is 29.7. The molecule has 4 N–H and O–H groups in total. The van der Waals surface area contributed by atoms with Crippen LogP contribution in [-0.4, -0.2) is 59.4 Å². The lowest BCUT2D eigenvalue weighted by molar-refractivity contribution is -0.129. The fourth-order valence-corrected chi connectivity index (χ4v) is 7.64. The number of ketones is 1. The highest BCUT2D eigenvalue weighted by Gasteiger charge is 2.59. The molecule has 2 saturated carbocycles. The molecule has 2 bridgehead atoms. The van der Waals surface area contributed by atoms with Gasteiger partial charge in [0, 0.05) is 6.20 Å². The van der Waals surface area contributed by atoms with Gasteiger partial charge in [0.05, 0.1) is 18.6 Å². The van der Waals surface area contributed by atoms with Crippen LogP contribution in [0.15, 0.2) is 29.4 Å². The van der Waals surface area contributed by atoms with Crippen LogP contribution < -0.4 is 11.1 Å². The van der Waals surface area contributed by atoms with Crippen LogP contribution in [0.1, 0.15) is 58.8 Å². The van der Waals surface area contributed by atoms with Gasteiger partial charge in [-0.1, -0.05) is 19.9 Å². The Labute approximate surface area is 195 Å². The van der Waals surface area contributed by atoms with E-state index in [0.29, 0.717) is 12.3 Å². The highest BCUT2D eigenvalue weighted by Crippen LogP contribution is 2.67. The lowest BCUT2D eigenvalue weighted by atomic mass is 9.66. The molecule has 1 aromatic rings. The fraction of sp³-hybridized carbons (Fsp3) is 0.696. The Morgan fingerprint density at radius 3 is 2.55 bits per heavy atom. The molecule has 1 amide bonds. The van der Waals surface area contributed by atoms with Gasteiger partial charge in [0.25, 0.3) is 10.0 Å². The maximum atomic E-state index is 12.9. The van der Waals surface area contributed by atoms with Crippen molar-refractivity contribution in [3.05, 3.63) is 24.4 Å². The number of nitrogens with one attached hydrogen (secondary N) is 1. The van der Waals surface area contributed by atoms with Crippen molar-refractivity contribution in [1.29, 1.82) is 0 Å². The number of rotatable bonds is 6. The summed E-state index contributed by atoms with van der Waals surface area (Å²) in [5.74, 6) is -0.207. The van der Waals surface area contributed by atoms with Crippen molar-refractivity contribution in [2.75, 3.05) is 6.54 Å². The second-order valence-electron chi connectivity index (χ2n) is 10.4. The molecule has 3 atom stereocenters. The average molecular weight is 479 g/mol. The van der Waals surface area contributed by atoms with Crippen LogP contribution in [0, 0.1) is 16.7 Å². The molecule has 0 aromatic carbocycles. The van der Waals surface area contributed by atoms with Gasteiger partial charge in [-0.3, -0.25) is 9.59 Å². The number of aliphatic hydroxyl groups excluding tert-OH is 1. The minimum absolute atomic E-state index is 0.0106. The van der Waals surface area contributed by atoms with Crippen LogP contribution in [0.4, 0.5) is 0 Å². The maximum absolute atomic E-state index is 12.9. The molecule has 1 aliphatic heterocycles. The Morgan fingerprint density at radius 2 is 1.97 bits per heavy atom. The van der Waals surface area contributed by atoms with Gasteiger partial charge < -0.3 is 16.2 Å². The molecule has 4 rings (SSSR count). The Balaban J connectivity index is 1.42. The Morgan fingerprint density at radius 1 is 1.27 bits per heavy atom. The summed E-state index contributed by atoms with van der Waals surface area (Å²) in [6.45, 7) is 4.00. The molecule has 0 spiro atoms. The number of carbonyl (C=O) groups is 2. The molecule has 2 heterocycles. The molecule has 0 unspecified atom stereocenters. The van der Waals surface area contributed by atoms with Crippen LogP contribution in [0.2, 0.25) is 0 Å². The summed E-state index contributed by atoms with van der Waals surface area (Å²) in [7, 11) is -4.16. The first kappa shape index (κ1) is 24.3. The lowest BCUT2D eigenvalue weighted by Gasteiger charge is -2.40. The molecule has 182 valence electrons. The first-order chi connectivity index (χ1) is 15.5. The summed E-state index contributed by atoms with van der Waals surface area (Å²) < 4.78 is 26.6. The van der Waals surface area contributed by atoms with E-state index < -0.39 is 46.6 Å². The quantitative estimate of drug-likeness (QED) is 0.557. The normalized spacial score (nSPS) is 33.0. The van der Waals surface area contributed by atoms with Crippen molar-refractivity contribution < 1.29 is 23.1 Å². The number of nitrogens with zero attached hydrogens (tertiary/aromatic N) is 2. The Bertz CT molecular complexity index is 1000. The molecule has 3 fully saturated rings. The van der Waals surface area contributed by atoms with Gasteiger partial charge in [0.15, 0.2) is 10.8 Å². The van der Waals surface area contributed by atoms with E-state index in [1.165, 1.54) is 31.2 Å². The molecule has 0 radical (unpaired) electrons. The number of nitrogens with two attached hydrogens (primary N) is 1. The molecule has 2 aliphatic carbocycles. The van der Waals surface area contributed by atoms with Gasteiger partial charge in [-0.2, -0.15) is 4.31 Å². The first-order valence-corrected chi connectivity index (χ1v) is 13.1. The van der Waals surface area contributed by atoms with Gasteiger partial charge in [-0.15, -0.1) is 0 Å². The maximum Gasteiger partial charge on any atom is 0.263 e. The largest absolute Gasteiger partial charge is 0.377 e. The number of aliphatic hydroxyl groups is 1. The van der Waals surface area contributed by atoms with E-state index in [2.05, 4.69) is 24.1 Å². The monoisotopic (exact) mass is 478 g/mol. The van der Waals surface area contributed by atoms with Crippen LogP contribution in [0.5, 0.6) is 0 Å². The third kappa shape index (κ3) is 4.22. The average Bonchev–Trinajstić information content (AvgIpc) is 3.10. The molecule has 1 saturated heterocycles. The van der Waals surface area contributed by atoms with Crippen molar-refractivity contribution in [2.45, 2.75) is 82.1 Å². The lowest BCUT2D eigenvalue weighted by Crippen LogP contribution is -2.51. The van der Waals surface area contributed by atoms with E-state index in [1.807, 2.05) is 0 Å². The number of hydrogen-bond donors (Lipinski definition) is 3.